The van der Waals surface area contributed by atoms with E-state index in [0.717, 1.165) is 12.4 Å². The van der Waals surface area contributed by atoms with Gasteiger partial charge in [-0.05, 0) is 30.7 Å². The summed E-state index contributed by atoms with van der Waals surface area (Å²) in [4.78, 5) is 6.66. The number of para-hydroxylation sites is 1. The molecule has 0 atom stereocenters. The number of pyridine rings is 1. The molecule has 1 aliphatic rings. The normalized spacial score (nSPS) is 14.2. The van der Waals surface area contributed by atoms with Gasteiger partial charge in [0.1, 0.15) is 5.82 Å². The van der Waals surface area contributed by atoms with Crippen LogP contribution in [0.5, 0.6) is 0 Å². The number of fused-ring (bicyclic) bond motifs is 1. The Morgan fingerprint density at radius 2 is 1.88 bits per heavy atom. The topological polar surface area (TPSA) is 16.1 Å². The van der Waals surface area contributed by atoms with Gasteiger partial charge in [-0.1, -0.05) is 30.3 Å². The average molecular weight is 222 g/mol. The Kier molecular flexibility index (Phi) is 2.41. The predicted octanol–water partition coefficient (Wildman–Crippen LogP) is 3.64. The van der Waals surface area contributed by atoms with Crippen LogP contribution in [0.2, 0.25) is 0 Å². The van der Waals surface area contributed by atoms with Crippen molar-refractivity contribution in [2.24, 2.45) is 0 Å². The van der Waals surface area contributed by atoms with Crippen molar-refractivity contribution >= 4 is 17.1 Å². The molecule has 1 aromatic heterocycles. The van der Waals surface area contributed by atoms with E-state index in [1.54, 1.807) is 0 Å². The lowest BCUT2D eigenvalue weighted by atomic mass is 10.0. The third kappa shape index (κ3) is 1.72. The van der Waals surface area contributed by atoms with Crippen LogP contribution in [0.4, 0.5) is 11.5 Å². The van der Waals surface area contributed by atoms with Crippen LogP contribution in [-0.4, -0.2) is 11.5 Å². The lowest BCUT2D eigenvalue weighted by molar-refractivity contribution is 1.03. The molecule has 1 aliphatic heterocycles. The zero-order chi connectivity index (χ0) is 11.7. The third-order valence-corrected chi connectivity index (χ3v) is 3.13. The molecule has 0 radical (unpaired) electrons. The summed E-state index contributed by atoms with van der Waals surface area (Å²) in [6.07, 6.45) is 4.08. The second-order valence-electron chi connectivity index (χ2n) is 4.20. The molecule has 0 spiro atoms. The highest BCUT2D eigenvalue weighted by atomic mass is 15.2. The molecule has 3 rings (SSSR count). The summed E-state index contributed by atoms with van der Waals surface area (Å²) < 4.78 is 0. The first-order valence-electron chi connectivity index (χ1n) is 5.81. The molecule has 2 heteroatoms. The van der Waals surface area contributed by atoms with E-state index in [4.69, 9.17) is 0 Å². The summed E-state index contributed by atoms with van der Waals surface area (Å²) in [5.74, 6) is 1.00. The van der Waals surface area contributed by atoms with E-state index in [9.17, 15) is 0 Å². The first kappa shape index (κ1) is 10.1. The molecule has 0 amide bonds. The molecule has 0 fully saturated rings. The number of hydrogen-bond acceptors (Lipinski definition) is 2. The zero-order valence-electron chi connectivity index (χ0n) is 9.80. The summed E-state index contributed by atoms with van der Waals surface area (Å²) in [7, 11) is 0. The fourth-order valence-electron chi connectivity index (χ4n) is 2.21. The first-order chi connectivity index (χ1) is 8.36. The Morgan fingerprint density at radius 1 is 1.06 bits per heavy atom. The summed E-state index contributed by atoms with van der Waals surface area (Å²) in [5, 5.41) is 0. The Hall–Kier alpha value is -2.09. The SMILES string of the molecule is CC1=CCN(c2ccccn2)c2ccccc21. The van der Waals surface area contributed by atoms with Crippen LogP contribution in [0, 0.1) is 0 Å². The molecule has 17 heavy (non-hydrogen) atoms. The van der Waals surface area contributed by atoms with Gasteiger partial charge in [-0.3, -0.25) is 0 Å². The summed E-state index contributed by atoms with van der Waals surface area (Å²) in [6, 6.07) is 14.5. The monoisotopic (exact) mass is 222 g/mol. The van der Waals surface area contributed by atoms with Crippen LogP contribution in [0.15, 0.2) is 54.7 Å². The van der Waals surface area contributed by atoms with Crippen molar-refractivity contribution in [3.8, 4) is 0 Å². The highest BCUT2D eigenvalue weighted by Crippen LogP contribution is 2.34. The number of allylic oxidation sites excluding steroid dienone is 1. The van der Waals surface area contributed by atoms with Gasteiger partial charge in [0.25, 0.3) is 0 Å². The Labute approximate surface area is 101 Å². The molecule has 0 saturated heterocycles. The molecule has 0 bridgehead atoms. The van der Waals surface area contributed by atoms with Crippen molar-refractivity contribution in [2.45, 2.75) is 6.92 Å². The van der Waals surface area contributed by atoms with E-state index in [1.165, 1.54) is 16.8 Å². The second kappa shape index (κ2) is 4.06. The van der Waals surface area contributed by atoms with Crippen LogP contribution in [-0.2, 0) is 0 Å². The second-order valence-corrected chi connectivity index (χ2v) is 4.20. The van der Waals surface area contributed by atoms with Gasteiger partial charge in [0.2, 0.25) is 0 Å². The van der Waals surface area contributed by atoms with Crippen LogP contribution in [0.1, 0.15) is 12.5 Å². The van der Waals surface area contributed by atoms with E-state index in [0.29, 0.717) is 0 Å². The third-order valence-electron chi connectivity index (χ3n) is 3.13. The standard InChI is InChI=1S/C15H14N2/c1-12-9-11-17(15-8-4-5-10-16-15)14-7-3-2-6-13(12)14/h2-10H,11H2,1H3. The quantitative estimate of drug-likeness (QED) is 0.732. The average Bonchev–Trinajstić information content (AvgIpc) is 2.41. The minimum absolute atomic E-state index is 0.889. The zero-order valence-corrected chi connectivity index (χ0v) is 9.80. The molecule has 0 aliphatic carbocycles. The van der Waals surface area contributed by atoms with Gasteiger partial charge in [0.05, 0.1) is 5.69 Å². The van der Waals surface area contributed by atoms with Crippen LogP contribution in [0.3, 0.4) is 0 Å². The minimum atomic E-state index is 0.889. The van der Waals surface area contributed by atoms with E-state index < -0.39 is 0 Å². The van der Waals surface area contributed by atoms with Gasteiger partial charge in [0.15, 0.2) is 0 Å². The summed E-state index contributed by atoms with van der Waals surface area (Å²) in [5.41, 5.74) is 3.88. The van der Waals surface area contributed by atoms with Gasteiger partial charge >= 0.3 is 0 Å². The molecule has 2 heterocycles. The van der Waals surface area contributed by atoms with Gasteiger partial charge in [-0.2, -0.15) is 0 Å². The fraction of sp³-hybridized carbons (Fsp3) is 0.133. The number of anilines is 2. The van der Waals surface area contributed by atoms with Crippen LogP contribution >= 0.6 is 0 Å². The largest absolute Gasteiger partial charge is 0.322 e. The number of benzene rings is 1. The Morgan fingerprint density at radius 3 is 2.71 bits per heavy atom. The number of nitrogens with zero attached hydrogens (tertiary/aromatic N) is 2. The Bertz CT molecular complexity index is 558. The van der Waals surface area contributed by atoms with E-state index in [2.05, 4.69) is 47.1 Å². The van der Waals surface area contributed by atoms with E-state index in [1.807, 2.05) is 24.4 Å². The number of rotatable bonds is 1. The Balaban J connectivity index is 2.11. The highest BCUT2D eigenvalue weighted by Gasteiger charge is 2.17. The van der Waals surface area contributed by atoms with Gasteiger partial charge in [0, 0.05) is 18.3 Å². The molecular formula is C15H14N2. The number of aromatic nitrogens is 1. The molecule has 0 unspecified atom stereocenters. The predicted molar refractivity (Wildman–Crippen MR) is 71.3 cm³/mol. The van der Waals surface area contributed by atoms with Crippen molar-refractivity contribution in [3.05, 3.63) is 60.3 Å². The summed E-state index contributed by atoms with van der Waals surface area (Å²) in [6.45, 7) is 3.05. The minimum Gasteiger partial charge on any atom is -0.322 e. The molecule has 84 valence electrons. The molecule has 0 saturated carbocycles. The maximum atomic E-state index is 4.42. The molecule has 2 aromatic rings. The van der Waals surface area contributed by atoms with Crippen molar-refractivity contribution in [1.29, 1.82) is 0 Å². The maximum Gasteiger partial charge on any atom is 0.133 e. The summed E-state index contributed by atoms with van der Waals surface area (Å²) >= 11 is 0. The van der Waals surface area contributed by atoms with Crippen LogP contribution in [0.25, 0.3) is 5.57 Å². The molecule has 2 nitrogen and oxygen atoms in total. The molecular weight excluding hydrogens is 208 g/mol. The molecule has 1 aromatic carbocycles. The van der Waals surface area contributed by atoms with Crippen molar-refractivity contribution in [1.82, 2.24) is 4.98 Å². The van der Waals surface area contributed by atoms with Crippen LogP contribution < -0.4 is 4.90 Å². The first-order valence-corrected chi connectivity index (χ1v) is 5.81. The van der Waals surface area contributed by atoms with Gasteiger partial charge in [-0.25, -0.2) is 4.98 Å². The maximum absolute atomic E-state index is 4.42. The van der Waals surface area contributed by atoms with Gasteiger partial charge in [-0.15, -0.1) is 0 Å². The van der Waals surface area contributed by atoms with Crippen molar-refractivity contribution in [3.63, 3.8) is 0 Å². The smallest absolute Gasteiger partial charge is 0.133 e. The number of hydrogen-bond donors (Lipinski definition) is 0. The molecule has 0 N–H and O–H groups in total. The lowest BCUT2D eigenvalue weighted by Crippen LogP contribution is -2.22. The lowest BCUT2D eigenvalue weighted by Gasteiger charge is -2.29. The fourth-order valence-corrected chi connectivity index (χ4v) is 2.21. The van der Waals surface area contributed by atoms with Crippen molar-refractivity contribution < 1.29 is 0 Å². The van der Waals surface area contributed by atoms with Crippen molar-refractivity contribution in [2.75, 3.05) is 11.4 Å². The van der Waals surface area contributed by atoms with Gasteiger partial charge < -0.3 is 4.90 Å². The van der Waals surface area contributed by atoms with E-state index >= 15 is 0 Å². The van der Waals surface area contributed by atoms with E-state index in [-0.39, 0.29) is 0 Å². The highest BCUT2D eigenvalue weighted by molar-refractivity contribution is 5.82.